The summed E-state index contributed by atoms with van der Waals surface area (Å²) in [5, 5.41) is 11.1. The summed E-state index contributed by atoms with van der Waals surface area (Å²) in [4.78, 5) is 16.9. The van der Waals surface area contributed by atoms with Crippen LogP contribution in [0.2, 0.25) is 0 Å². The number of nitrogens with one attached hydrogen (secondary N) is 2. The van der Waals surface area contributed by atoms with E-state index in [-0.39, 0.29) is 36.8 Å². The lowest BCUT2D eigenvalue weighted by Crippen LogP contribution is -2.42. The summed E-state index contributed by atoms with van der Waals surface area (Å²) < 4.78 is 5.06. The third-order valence-corrected chi connectivity index (χ3v) is 4.76. The van der Waals surface area contributed by atoms with Gasteiger partial charge in [0.15, 0.2) is 0 Å². The Labute approximate surface area is 163 Å². The minimum Gasteiger partial charge on any atom is -0.361 e. The second-order valence-corrected chi connectivity index (χ2v) is 6.54. The molecule has 2 aromatic heterocycles. The van der Waals surface area contributed by atoms with Crippen molar-refractivity contribution >= 4 is 42.5 Å². The van der Waals surface area contributed by atoms with Gasteiger partial charge < -0.3 is 15.2 Å². The van der Waals surface area contributed by atoms with Crippen molar-refractivity contribution in [2.75, 3.05) is 13.1 Å². The highest BCUT2D eigenvalue weighted by molar-refractivity contribution is 7.98. The van der Waals surface area contributed by atoms with Gasteiger partial charge in [0.05, 0.1) is 11.3 Å². The Balaban J connectivity index is 0.00000156. The molecule has 1 saturated heterocycles. The highest BCUT2D eigenvalue weighted by Crippen LogP contribution is 2.24. The number of carbonyl (C=O) groups excluding carboxylic acids is 1. The molecule has 0 radical (unpaired) electrons. The summed E-state index contributed by atoms with van der Waals surface area (Å²) in [6, 6.07) is 5.74. The Morgan fingerprint density at radius 1 is 1.40 bits per heavy atom. The van der Waals surface area contributed by atoms with E-state index in [9.17, 15) is 4.79 Å². The van der Waals surface area contributed by atoms with Crippen molar-refractivity contribution in [1.29, 1.82) is 0 Å². The van der Waals surface area contributed by atoms with Crippen molar-refractivity contribution in [3.05, 3.63) is 41.4 Å². The van der Waals surface area contributed by atoms with Crippen LogP contribution in [0, 0.1) is 6.92 Å². The van der Waals surface area contributed by atoms with E-state index in [2.05, 4.69) is 20.8 Å². The van der Waals surface area contributed by atoms with Gasteiger partial charge in [-0.2, -0.15) is 0 Å². The zero-order chi connectivity index (χ0) is 16.1. The van der Waals surface area contributed by atoms with Gasteiger partial charge in [-0.1, -0.05) is 16.9 Å². The number of hydrogen-bond acceptors (Lipinski definition) is 6. The molecule has 0 aromatic carbocycles. The molecule has 0 atom stereocenters. The number of amides is 1. The van der Waals surface area contributed by atoms with Crippen molar-refractivity contribution in [3.8, 4) is 0 Å². The zero-order valence-corrected chi connectivity index (χ0v) is 16.3. The Morgan fingerprint density at radius 3 is 2.84 bits per heavy atom. The van der Waals surface area contributed by atoms with Crippen LogP contribution in [0.25, 0.3) is 0 Å². The molecule has 0 unspecified atom stereocenters. The number of rotatable bonds is 5. The molecule has 1 aliphatic rings. The molecule has 1 aliphatic heterocycles. The number of pyridine rings is 1. The standard InChI is InChI=1S/C16H20N4O2S.2ClH/c1-11-9-13(20-22-11)10-23-16-14(3-2-6-18-16)15(21)19-12-4-7-17-8-5-12;;/h2-3,6,9,12,17H,4-5,7-8,10H2,1H3,(H,19,21);2*1H. The fourth-order valence-corrected chi connectivity index (χ4v) is 3.41. The van der Waals surface area contributed by atoms with Crippen LogP contribution < -0.4 is 10.6 Å². The van der Waals surface area contributed by atoms with E-state index < -0.39 is 0 Å². The molecule has 1 amide bonds. The third-order valence-electron chi connectivity index (χ3n) is 3.72. The van der Waals surface area contributed by atoms with E-state index in [0.29, 0.717) is 11.3 Å². The van der Waals surface area contributed by atoms with Crippen LogP contribution in [0.15, 0.2) is 33.9 Å². The molecule has 6 nitrogen and oxygen atoms in total. The first-order valence-electron chi connectivity index (χ1n) is 7.74. The van der Waals surface area contributed by atoms with E-state index in [1.54, 1.807) is 12.3 Å². The molecular weight excluding hydrogens is 383 g/mol. The Hall–Kier alpha value is -1.28. The molecule has 138 valence electrons. The number of piperidine rings is 1. The molecule has 2 aromatic rings. The summed E-state index contributed by atoms with van der Waals surface area (Å²) in [6.45, 7) is 3.76. The lowest BCUT2D eigenvalue weighted by Gasteiger charge is -2.23. The van der Waals surface area contributed by atoms with Gasteiger partial charge in [0.25, 0.3) is 5.91 Å². The molecular formula is C16H22Cl2N4O2S. The molecule has 0 spiro atoms. The minimum absolute atomic E-state index is 0. The Morgan fingerprint density at radius 2 is 2.16 bits per heavy atom. The van der Waals surface area contributed by atoms with E-state index in [4.69, 9.17) is 4.52 Å². The van der Waals surface area contributed by atoms with Gasteiger partial charge in [-0.25, -0.2) is 4.98 Å². The molecule has 1 fully saturated rings. The summed E-state index contributed by atoms with van der Waals surface area (Å²) in [6.07, 6.45) is 3.64. The average Bonchev–Trinajstić information content (AvgIpc) is 2.99. The average molecular weight is 405 g/mol. The number of nitrogens with zero attached hydrogens (tertiary/aromatic N) is 2. The fourth-order valence-electron chi connectivity index (χ4n) is 2.54. The summed E-state index contributed by atoms with van der Waals surface area (Å²) in [5.74, 6) is 1.36. The first kappa shape index (κ1) is 21.8. The fraction of sp³-hybridized carbons (Fsp3) is 0.438. The van der Waals surface area contributed by atoms with E-state index in [1.807, 2.05) is 19.1 Å². The van der Waals surface area contributed by atoms with Gasteiger partial charge in [0.2, 0.25) is 0 Å². The van der Waals surface area contributed by atoms with Gasteiger partial charge in [-0.05, 0) is 45.0 Å². The monoisotopic (exact) mass is 404 g/mol. The lowest BCUT2D eigenvalue weighted by atomic mass is 10.1. The van der Waals surface area contributed by atoms with Crippen molar-refractivity contribution < 1.29 is 9.32 Å². The number of carbonyl (C=O) groups is 1. The van der Waals surface area contributed by atoms with Crippen LogP contribution in [0.4, 0.5) is 0 Å². The van der Waals surface area contributed by atoms with Gasteiger partial charge in [0, 0.05) is 24.1 Å². The number of thioether (sulfide) groups is 1. The largest absolute Gasteiger partial charge is 0.361 e. The molecule has 9 heteroatoms. The molecule has 0 aliphatic carbocycles. The van der Waals surface area contributed by atoms with Crippen LogP contribution in [0.5, 0.6) is 0 Å². The van der Waals surface area contributed by atoms with Gasteiger partial charge in [-0.15, -0.1) is 24.8 Å². The molecule has 0 bridgehead atoms. The molecule has 3 heterocycles. The van der Waals surface area contributed by atoms with Crippen LogP contribution in [0.1, 0.15) is 34.7 Å². The predicted molar refractivity (Wildman–Crippen MR) is 103 cm³/mol. The van der Waals surface area contributed by atoms with Crippen molar-refractivity contribution in [3.63, 3.8) is 0 Å². The Bertz CT molecular complexity index is 678. The molecule has 2 N–H and O–H groups in total. The van der Waals surface area contributed by atoms with Crippen LogP contribution in [-0.4, -0.2) is 35.2 Å². The number of aryl methyl sites for hydroxylation is 1. The zero-order valence-electron chi connectivity index (χ0n) is 13.9. The quantitative estimate of drug-likeness (QED) is 0.745. The van der Waals surface area contributed by atoms with Gasteiger partial charge >= 0.3 is 0 Å². The van der Waals surface area contributed by atoms with Crippen LogP contribution in [-0.2, 0) is 5.75 Å². The third kappa shape index (κ3) is 6.18. The van der Waals surface area contributed by atoms with Crippen LogP contribution >= 0.6 is 36.6 Å². The first-order chi connectivity index (χ1) is 11.2. The summed E-state index contributed by atoms with van der Waals surface area (Å²) in [5.41, 5.74) is 1.47. The number of halogens is 2. The Kier molecular flexibility index (Phi) is 9.27. The smallest absolute Gasteiger partial charge is 0.254 e. The van der Waals surface area contributed by atoms with Gasteiger partial charge in [-0.3, -0.25) is 4.79 Å². The molecule has 25 heavy (non-hydrogen) atoms. The van der Waals surface area contributed by atoms with Crippen LogP contribution in [0.3, 0.4) is 0 Å². The maximum absolute atomic E-state index is 12.5. The SMILES string of the molecule is Cc1cc(CSc2ncccc2C(=O)NC2CCNCC2)no1.Cl.Cl. The maximum atomic E-state index is 12.5. The van der Waals surface area contributed by atoms with Crippen molar-refractivity contribution in [2.45, 2.75) is 36.6 Å². The summed E-state index contributed by atoms with van der Waals surface area (Å²) >= 11 is 1.50. The van der Waals surface area contributed by atoms with E-state index >= 15 is 0 Å². The maximum Gasteiger partial charge on any atom is 0.254 e. The minimum atomic E-state index is -0.0520. The highest BCUT2D eigenvalue weighted by Gasteiger charge is 2.19. The normalized spacial score (nSPS) is 14.3. The highest BCUT2D eigenvalue weighted by atomic mass is 35.5. The topological polar surface area (TPSA) is 80.0 Å². The molecule has 0 saturated carbocycles. The predicted octanol–water partition coefficient (Wildman–Crippen LogP) is 3.00. The number of hydrogen-bond donors (Lipinski definition) is 2. The first-order valence-corrected chi connectivity index (χ1v) is 8.72. The lowest BCUT2D eigenvalue weighted by molar-refractivity contribution is 0.0926. The van der Waals surface area contributed by atoms with E-state index in [0.717, 1.165) is 42.4 Å². The number of aromatic nitrogens is 2. The summed E-state index contributed by atoms with van der Waals surface area (Å²) in [7, 11) is 0. The second-order valence-electron chi connectivity index (χ2n) is 5.57. The van der Waals surface area contributed by atoms with E-state index in [1.165, 1.54) is 11.8 Å². The van der Waals surface area contributed by atoms with Crippen molar-refractivity contribution in [1.82, 2.24) is 20.8 Å². The van der Waals surface area contributed by atoms with Crippen molar-refractivity contribution in [2.24, 2.45) is 0 Å². The second kappa shape index (κ2) is 10.7. The van der Waals surface area contributed by atoms with Gasteiger partial charge in [0.1, 0.15) is 10.8 Å². The molecule has 3 rings (SSSR count).